The predicted molar refractivity (Wildman–Crippen MR) is 66.2 cm³/mol. The van der Waals surface area contributed by atoms with Crippen LogP contribution >= 0.6 is 47.8 Å². The molecule has 0 amide bonds. The molecule has 0 heterocycles. The van der Waals surface area contributed by atoms with Gasteiger partial charge >= 0.3 is 5.97 Å². The Labute approximate surface area is 107 Å². The summed E-state index contributed by atoms with van der Waals surface area (Å²) in [6.45, 7) is 0. The van der Waals surface area contributed by atoms with E-state index in [0.717, 1.165) is 10.0 Å². The van der Waals surface area contributed by atoms with Gasteiger partial charge in [0.25, 0.3) is 0 Å². The maximum absolute atomic E-state index is 10.7. The van der Waals surface area contributed by atoms with Crippen molar-refractivity contribution in [1.29, 1.82) is 0 Å². The molecule has 0 saturated heterocycles. The monoisotopic (exact) mass is 384 g/mol. The Morgan fingerprint density at radius 1 is 1.36 bits per heavy atom. The minimum absolute atomic E-state index is 0.238. The van der Waals surface area contributed by atoms with Gasteiger partial charge in [-0.25, -0.2) is 0 Å². The van der Waals surface area contributed by atoms with Crippen LogP contribution in [-0.4, -0.2) is 15.9 Å². The van der Waals surface area contributed by atoms with Crippen LogP contribution in [0.5, 0.6) is 0 Å². The van der Waals surface area contributed by atoms with Crippen LogP contribution in [0.2, 0.25) is 0 Å². The normalized spacial score (nSPS) is 14.8. The van der Waals surface area contributed by atoms with Crippen LogP contribution in [0, 0.1) is 0 Å². The zero-order chi connectivity index (χ0) is 10.7. The van der Waals surface area contributed by atoms with Crippen LogP contribution in [0.4, 0.5) is 0 Å². The fraction of sp³-hybridized carbons (Fsp3) is 0.222. The summed E-state index contributed by atoms with van der Waals surface area (Å²) in [4.78, 5) is 9.84. The number of alkyl halides is 2. The molecule has 0 aliphatic rings. The number of hydrogen-bond acceptors (Lipinski definition) is 1. The van der Waals surface area contributed by atoms with Gasteiger partial charge in [-0.2, -0.15) is 0 Å². The molecule has 76 valence electrons. The predicted octanol–water partition coefficient (Wildman–Crippen LogP) is 3.73. The van der Waals surface area contributed by atoms with Crippen LogP contribution < -0.4 is 0 Å². The first-order valence-corrected chi connectivity index (χ1v) is 6.41. The Balaban J connectivity index is 2.89. The lowest BCUT2D eigenvalue weighted by Crippen LogP contribution is -2.17. The Bertz CT molecular complexity index is 341. The van der Waals surface area contributed by atoms with E-state index in [-0.39, 0.29) is 4.83 Å². The summed E-state index contributed by atoms with van der Waals surface area (Å²) in [5, 5.41) is 8.79. The lowest BCUT2D eigenvalue weighted by Gasteiger charge is -2.13. The first kappa shape index (κ1) is 12.2. The molecule has 0 spiro atoms. The smallest absolute Gasteiger partial charge is 0.318 e. The number of hydrogen-bond donors (Lipinski definition) is 1. The Hall–Kier alpha value is 0.130. The molecule has 0 bridgehead atoms. The van der Waals surface area contributed by atoms with Crippen LogP contribution in [0.25, 0.3) is 0 Å². The SMILES string of the molecule is O=C(O)[C@H](Br)[C@@H](Br)c1cccc(Br)c1. The molecule has 0 fully saturated rings. The molecule has 0 saturated carbocycles. The summed E-state index contributed by atoms with van der Waals surface area (Å²) in [6, 6.07) is 7.53. The first-order valence-electron chi connectivity index (χ1n) is 3.79. The molecular weight excluding hydrogens is 380 g/mol. The Kier molecular flexibility index (Phi) is 4.60. The number of carboxylic acids is 1. The van der Waals surface area contributed by atoms with Crippen molar-refractivity contribution in [2.45, 2.75) is 9.65 Å². The second-order valence-corrected chi connectivity index (χ2v) is 5.59. The summed E-state index contributed by atoms with van der Waals surface area (Å²) >= 11 is 9.78. The van der Waals surface area contributed by atoms with Gasteiger partial charge in [0.2, 0.25) is 0 Å². The van der Waals surface area contributed by atoms with Gasteiger partial charge < -0.3 is 5.11 Å². The molecule has 1 rings (SSSR count). The zero-order valence-corrected chi connectivity index (χ0v) is 11.7. The standard InChI is InChI=1S/C9H7Br3O2/c10-6-3-1-2-5(4-6)7(11)8(12)9(13)14/h1-4,7-8H,(H,13,14)/t7-,8+/m0/s1. The fourth-order valence-electron chi connectivity index (χ4n) is 0.972. The molecular formula is C9H7Br3O2. The summed E-state index contributed by atoms with van der Waals surface area (Å²) in [7, 11) is 0. The summed E-state index contributed by atoms with van der Waals surface area (Å²) in [6.07, 6.45) is 0. The van der Waals surface area contributed by atoms with E-state index in [4.69, 9.17) is 5.11 Å². The van der Waals surface area contributed by atoms with Crippen molar-refractivity contribution in [2.75, 3.05) is 0 Å². The molecule has 0 aliphatic carbocycles. The molecule has 0 radical (unpaired) electrons. The number of carbonyl (C=O) groups is 1. The molecule has 14 heavy (non-hydrogen) atoms. The average molecular weight is 387 g/mol. The van der Waals surface area contributed by atoms with E-state index < -0.39 is 10.8 Å². The van der Waals surface area contributed by atoms with Crippen LogP contribution in [-0.2, 0) is 4.79 Å². The fourth-order valence-corrected chi connectivity index (χ4v) is 2.21. The van der Waals surface area contributed by atoms with Gasteiger partial charge in [-0.3, -0.25) is 4.79 Å². The number of rotatable bonds is 3. The maximum Gasteiger partial charge on any atom is 0.318 e. The highest BCUT2D eigenvalue weighted by Gasteiger charge is 2.24. The number of halogens is 3. The molecule has 5 heteroatoms. The topological polar surface area (TPSA) is 37.3 Å². The van der Waals surface area contributed by atoms with E-state index in [9.17, 15) is 4.79 Å². The highest BCUT2D eigenvalue weighted by Crippen LogP contribution is 2.32. The van der Waals surface area contributed by atoms with Gasteiger partial charge in [0, 0.05) is 4.47 Å². The number of benzene rings is 1. The van der Waals surface area contributed by atoms with Crippen LogP contribution in [0.15, 0.2) is 28.7 Å². The van der Waals surface area contributed by atoms with Gasteiger partial charge in [0.1, 0.15) is 4.83 Å². The van der Waals surface area contributed by atoms with E-state index in [2.05, 4.69) is 47.8 Å². The van der Waals surface area contributed by atoms with Crippen LogP contribution in [0.1, 0.15) is 10.4 Å². The lowest BCUT2D eigenvalue weighted by molar-refractivity contribution is -0.136. The average Bonchev–Trinajstić information content (AvgIpc) is 2.15. The summed E-state index contributed by atoms with van der Waals surface area (Å²) in [5.41, 5.74) is 0.920. The Morgan fingerprint density at radius 3 is 2.50 bits per heavy atom. The minimum atomic E-state index is -0.883. The van der Waals surface area contributed by atoms with Gasteiger partial charge in [-0.1, -0.05) is 59.9 Å². The van der Waals surface area contributed by atoms with Crippen molar-refractivity contribution in [3.8, 4) is 0 Å². The third kappa shape index (κ3) is 3.07. The minimum Gasteiger partial charge on any atom is -0.480 e. The summed E-state index contributed by atoms with van der Waals surface area (Å²) < 4.78 is 0.935. The van der Waals surface area contributed by atoms with Crippen LogP contribution in [0.3, 0.4) is 0 Å². The third-order valence-electron chi connectivity index (χ3n) is 1.66. The molecule has 2 atom stereocenters. The van der Waals surface area contributed by atoms with Gasteiger partial charge in [0.15, 0.2) is 0 Å². The van der Waals surface area contributed by atoms with E-state index in [1.165, 1.54) is 0 Å². The van der Waals surface area contributed by atoms with E-state index in [0.29, 0.717) is 0 Å². The van der Waals surface area contributed by atoms with Crippen molar-refractivity contribution >= 4 is 53.8 Å². The van der Waals surface area contributed by atoms with Crippen molar-refractivity contribution < 1.29 is 9.90 Å². The third-order valence-corrected chi connectivity index (χ3v) is 4.84. The molecule has 0 unspecified atom stereocenters. The molecule has 1 aromatic carbocycles. The maximum atomic E-state index is 10.7. The van der Waals surface area contributed by atoms with E-state index in [1.54, 1.807) is 0 Å². The molecule has 2 nitrogen and oxygen atoms in total. The quantitative estimate of drug-likeness (QED) is 0.804. The highest BCUT2D eigenvalue weighted by molar-refractivity contribution is 9.12. The van der Waals surface area contributed by atoms with Crippen molar-refractivity contribution in [3.05, 3.63) is 34.3 Å². The van der Waals surface area contributed by atoms with E-state index >= 15 is 0 Å². The van der Waals surface area contributed by atoms with Crippen molar-refractivity contribution in [1.82, 2.24) is 0 Å². The first-order chi connectivity index (χ1) is 6.52. The van der Waals surface area contributed by atoms with Gasteiger partial charge in [-0.15, -0.1) is 0 Å². The second-order valence-electron chi connectivity index (χ2n) is 2.70. The Morgan fingerprint density at radius 2 is 2.00 bits per heavy atom. The molecule has 1 aromatic rings. The molecule has 0 aliphatic heterocycles. The second kappa shape index (κ2) is 5.28. The summed E-state index contributed by atoms with van der Waals surface area (Å²) in [5.74, 6) is -0.883. The van der Waals surface area contributed by atoms with Gasteiger partial charge in [-0.05, 0) is 17.7 Å². The highest BCUT2D eigenvalue weighted by atomic mass is 79.9. The van der Waals surface area contributed by atoms with Crippen molar-refractivity contribution in [2.24, 2.45) is 0 Å². The van der Waals surface area contributed by atoms with Crippen molar-refractivity contribution in [3.63, 3.8) is 0 Å². The zero-order valence-electron chi connectivity index (χ0n) is 6.95. The number of aliphatic carboxylic acids is 1. The van der Waals surface area contributed by atoms with E-state index in [1.807, 2.05) is 24.3 Å². The number of carboxylic acid groups (broad SMARTS) is 1. The molecule has 1 N–H and O–H groups in total. The molecule has 0 aromatic heterocycles. The lowest BCUT2D eigenvalue weighted by atomic mass is 10.1. The largest absolute Gasteiger partial charge is 0.480 e. The van der Waals surface area contributed by atoms with Gasteiger partial charge in [0.05, 0.1) is 4.83 Å².